The van der Waals surface area contributed by atoms with E-state index in [0.717, 1.165) is 5.56 Å². The van der Waals surface area contributed by atoms with E-state index in [2.05, 4.69) is 6.58 Å². The third-order valence-electron chi connectivity index (χ3n) is 3.91. The molecule has 25 heavy (non-hydrogen) atoms. The van der Waals surface area contributed by atoms with Crippen LogP contribution in [0, 0.1) is 0 Å². The molecule has 0 aromatic heterocycles. The zero-order chi connectivity index (χ0) is 19.0. The van der Waals surface area contributed by atoms with Gasteiger partial charge in [0.1, 0.15) is 17.4 Å². The van der Waals surface area contributed by atoms with Gasteiger partial charge in [0.15, 0.2) is 6.10 Å². The minimum absolute atomic E-state index is 0.612. The number of amides is 1. The zero-order valence-corrected chi connectivity index (χ0v) is 15.3. The summed E-state index contributed by atoms with van der Waals surface area (Å²) in [7, 11) is 0. The molecule has 1 heterocycles. The highest BCUT2D eigenvalue weighted by molar-refractivity contribution is 5.78. The molecule has 1 N–H and O–H groups in total. The third kappa shape index (κ3) is 4.02. The van der Waals surface area contributed by atoms with Crippen molar-refractivity contribution in [3.05, 3.63) is 42.0 Å². The number of carbonyl (C=O) groups is 2. The molecule has 0 unspecified atom stereocenters. The van der Waals surface area contributed by atoms with Gasteiger partial charge >= 0.3 is 12.1 Å². The maximum atomic E-state index is 12.8. The molecule has 0 spiro atoms. The van der Waals surface area contributed by atoms with Crippen LogP contribution in [0.25, 0.3) is 6.08 Å². The first-order valence-electron chi connectivity index (χ1n) is 8.11. The van der Waals surface area contributed by atoms with Crippen molar-refractivity contribution in [3.63, 3.8) is 0 Å². The van der Waals surface area contributed by atoms with E-state index in [-0.39, 0.29) is 0 Å². The Morgan fingerprint density at radius 1 is 1.28 bits per heavy atom. The molecule has 1 fully saturated rings. The first-order valence-corrected chi connectivity index (χ1v) is 8.11. The molecule has 1 saturated heterocycles. The summed E-state index contributed by atoms with van der Waals surface area (Å²) in [5, 5.41) is 9.59. The number of hydrogen-bond acceptors (Lipinski definition) is 4. The lowest BCUT2D eigenvalue weighted by Gasteiger charge is -2.35. The van der Waals surface area contributed by atoms with Gasteiger partial charge < -0.3 is 14.6 Å². The van der Waals surface area contributed by atoms with Crippen molar-refractivity contribution in [3.8, 4) is 0 Å². The van der Waals surface area contributed by atoms with Crippen molar-refractivity contribution in [2.45, 2.75) is 58.1 Å². The Balaban J connectivity index is 2.48. The Bertz CT molecular complexity index is 672. The molecule has 1 amide bonds. The molecule has 1 aliphatic rings. The van der Waals surface area contributed by atoms with Gasteiger partial charge in [-0.3, -0.25) is 4.90 Å². The zero-order valence-electron chi connectivity index (χ0n) is 15.3. The molecule has 136 valence electrons. The highest BCUT2D eigenvalue weighted by atomic mass is 16.6. The van der Waals surface area contributed by atoms with Gasteiger partial charge in [-0.2, -0.15) is 0 Å². The summed E-state index contributed by atoms with van der Waals surface area (Å²) in [6.45, 7) is 12.3. The van der Waals surface area contributed by atoms with E-state index >= 15 is 0 Å². The second-order valence-electron chi connectivity index (χ2n) is 7.49. The summed E-state index contributed by atoms with van der Waals surface area (Å²) in [5.74, 6) is -1.13. The Kier molecular flexibility index (Phi) is 4.95. The fourth-order valence-electron chi connectivity index (χ4n) is 2.89. The van der Waals surface area contributed by atoms with E-state index in [4.69, 9.17) is 9.47 Å². The van der Waals surface area contributed by atoms with Crippen LogP contribution in [0.3, 0.4) is 0 Å². The maximum absolute atomic E-state index is 12.8. The van der Waals surface area contributed by atoms with Crippen molar-refractivity contribution in [2.75, 3.05) is 0 Å². The molecule has 6 nitrogen and oxygen atoms in total. The molecule has 6 heteroatoms. The lowest BCUT2D eigenvalue weighted by Crippen LogP contribution is -2.47. The second-order valence-corrected chi connectivity index (χ2v) is 7.49. The van der Waals surface area contributed by atoms with E-state index in [1.54, 1.807) is 52.8 Å². The van der Waals surface area contributed by atoms with Crippen LogP contribution in [0.5, 0.6) is 0 Å². The van der Waals surface area contributed by atoms with Crippen LogP contribution in [-0.2, 0) is 14.3 Å². The summed E-state index contributed by atoms with van der Waals surface area (Å²) < 4.78 is 11.2. The van der Waals surface area contributed by atoms with Gasteiger partial charge in [0.25, 0.3) is 0 Å². The number of hydrogen-bond donors (Lipinski definition) is 1. The van der Waals surface area contributed by atoms with Crippen LogP contribution in [-0.4, -0.2) is 39.5 Å². The number of carboxylic acid groups (broad SMARTS) is 1. The van der Waals surface area contributed by atoms with Crippen molar-refractivity contribution >= 4 is 18.1 Å². The Hall–Kier alpha value is -2.34. The van der Waals surface area contributed by atoms with Gasteiger partial charge in [0.05, 0.1) is 0 Å². The number of carbonyl (C=O) groups excluding carboxylic acids is 1. The van der Waals surface area contributed by atoms with E-state index < -0.39 is 35.5 Å². The molecule has 0 saturated carbocycles. The van der Waals surface area contributed by atoms with Crippen LogP contribution < -0.4 is 0 Å². The summed E-state index contributed by atoms with van der Waals surface area (Å²) in [6.07, 6.45) is -0.102. The average molecular weight is 347 g/mol. The van der Waals surface area contributed by atoms with E-state index in [0.29, 0.717) is 5.56 Å². The van der Waals surface area contributed by atoms with Crippen molar-refractivity contribution in [1.82, 2.24) is 4.90 Å². The molecular weight excluding hydrogens is 322 g/mol. The standard InChI is InChI=1S/C19H25NO5/c1-7-12-8-10-13(11-9-12)14-15(16(21)22)24-19(5,6)20(14)17(23)25-18(2,3)4/h7-11,14-15H,1H2,2-6H3,(H,21,22)/t14-,15+/m0/s1. The largest absolute Gasteiger partial charge is 0.479 e. The molecule has 1 aliphatic heterocycles. The van der Waals surface area contributed by atoms with Crippen LogP contribution in [0.1, 0.15) is 51.8 Å². The minimum Gasteiger partial charge on any atom is -0.479 e. The summed E-state index contributed by atoms with van der Waals surface area (Å²) in [6, 6.07) is 6.40. The van der Waals surface area contributed by atoms with Gasteiger partial charge in [0, 0.05) is 0 Å². The van der Waals surface area contributed by atoms with E-state index in [1.165, 1.54) is 4.90 Å². The second kappa shape index (κ2) is 6.52. The topological polar surface area (TPSA) is 76.1 Å². The first-order chi connectivity index (χ1) is 11.5. The first kappa shape index (κ1) is 19.0. The lowest BCUT2D eigenvalue weighted by atomic mass is 9.99. The molecule has 2 rings (SSSR count). The molecule has 0 aliphatic carbocycles. The molecular formula is C19H25NO5. The molecule has 1 aromatic rings. The fraction of sp³-hybridized carbons (Fsp3) is 0.474. The van der Waals surface area contributed by atoms with Gasteiger partial charge in [-0.05, 0) is 45.7 Å². The monoisotopic (exact) mass is 347 g/mol. The Morgan fingerprint density at radius 2 is 1.84 bits per heavy atom. The van der Waals surface area contributed by atoms with Crippen molar-refractivity contribution in [1.29, 1.82) is 0 Å². The number of ether oxygens (including phenoxy) is 2. The quantitative estimate of drug-likeness (QED) is 0.899. The number of carboxylic acids is 1. The highest BCUT2D eigenvalue weighted by Crippen LogP contribution is 2.42. The number of benzene rings is 1. The van der Waals surface area contributed by atoms with E-state index in [9.17, 15) is 14.7 Å². The summed E-state index contributed by atoms with van der Waals surface area (Å²) in [5.41, 5.74) is -0.258. The van der Waals surface area contributed by atoms with E-state index in [1.807, 2.05) is 12.1 Å². The Labute approximate surface area is 148 Å². The number of rotatable bonds is 3. The maximum Gasteiger partial charge on any atom is 0.413 e. The van der Waals surface area contributed by atoms with Gasteiger partial charge in [0.2, 0.25) is 0 Å². The van der Waals surface area contributed by atoms with Gasteiger partial charge in [-0.25, -0.2) is 9.59 Å². The third-order valence-corrected chi connectivity index (χ3v) is 3.91. The van der Waals surface area contributed by atoms with Gasteiger partial charge in [-0.1, -0.05) is 36.9 Å². The molecule has 1 aromatic carbocycles. The normalized spacial score (nSPS) is 22.5. The minimum atomic E-state index is -1.18. The summed E-state index contributed by atoms with van der Waals surface area (Å²) >= 11 is 0. The number of nitrogens with zero attached hydrogens (tertiary/aromatic N) is 1. The van der Waals surface area contributed by atoms with Crippen molar-refractivity contribution < 1.29 is 24.2 Å². The predicted molar refractivity (Wildman–Crippen MR) is 93.9 cm³/mol. The number of aliphatic carboxylic acids is 1. The average Bonchev–Trinajstić information content (AvgIpc) is 2.77. The van der Waals surface area contributed by atoms with Gasteiger partial charge in [-0.15, -0.1) is 0 Å². The predicted octanol–water partition coefficient (Wildman–Crippen LogP) is 3.83. The SMILES string of the molecule is C=Cc1ccc([C@H]2[C@H](C(=O)O)OC(C)(C)N2C(=O)OC(C)(C)C)cc1. The Morgan fingerprint density at radius 3 is 2.28 bits per heavy atom. The fourth-order valence-corrected chi connectivity index (χ4v) is 2.89. The molecule has 0 bridgehead atoms. The lowest BCUT2D eigenvalue weighted by molar-refractivity contribution is -0.155. The summed E-state index contributed by atoms with van der Waals surface area (Å²) in [4.78, 5) is 25.9. The molecule has 0 radical (unpaired) electrons. The smallest absolute Gasteiger partial charge is 0.413 e. The van der Waals surface area contributed by atoms with Crippen molar-refractivity contribution in [2.24, 2.45) is 0 Å². The van der Waals surface area contributed by atoms with Crippen LogP contribution >= 0.6 is 0 Å². The van der Waals surface area contributed by atoms with Crippen LogP contribution in [0.2, 0.25) is 0 Å². The highest BCUT2D eigenvalue weighted by Gasteiger charge is 2.54. The molecule has 2 atom stereocenters. The van der Waals surface area contributed by atoms with Crippen LogP contribution in [0.4, 0.5) is 4.79 Å². The van der Waals surface area contributed by atoms with Crippen LogP contribution in [0.15, 0.2) is 30.8 Å².